The van der Waals surface area contributed by atoms with E-state index in [1.165, 1.54) is 35.0 Å². The molecule has 0 radical (unpaired) electrons. The molecule has 0 bridgehead atoms. The number of fused-ring (bicyclic) bond motifs is 1. The van der Waals surface area contributed by atoms with Crippen molar-refractivity contribution in [2.75, 3.05) is 0 Å². The predicted octanol–water partition coefficient (Wildman–Crippen LogP) is 3.49. The van der Waals surface area contributed by atoms with E-state index in [2.05, 4.69) is 88.1 Å². The van der Waals surface area contributed by atoms with Crippen molar-refractivity contribution in [3.8, 4) is 22.6 Å². The number of aryl methyl sites for hydroxylation is 2. The van der Waals surface area contributed by atoms with Crippen LogP contribution in [0.25, 0.3) is 33.5 Å². The average Bonchev–Trinajstić information content (AvgIpc) is 2.63. The molecule has 0 unspecified atom stereocenters. The van der Waals surface area contributed by atoms with Crippen LogP contribution in [0.1, 0.15) is 5.56 Å². The molecule has 0 aliphatic rings. The molecule has 116 valence electrons. The number of rotatable bonds is 2. The molecule has 4 heteroatoms. The zero-order chi connectivity index (χ0) is 16.5. The van der Waals surface area contributed by atoms with Crippen LogP contribution in [-0.4, -0.2) is 15.0 Å². The summed E-state index contributed by atoms with van der Waals surface area (Å²) in [6.45, 7) is 2.14. The molecule has 0 amide bonds. The van der Waals surface area contributed by atoms with E-state index >= 15 is 0 Å². The standard InChI is InChI=1S/C20H17N4/c1-14-5-3-4-6-17(14)19-10-7-15-11-16(8-9-18(15)24(19)2)20-22-12-21-13-23-20/h3-13H,1-2H3/q+1. The maximum Gasteiger partial charge on any atom is 0.213 e. The summed E-state index contributed by atoms with van der Waals surface area (Å²) < 4.78 is 2.23. The number of hydrogen-bond donors (Lipinski definition) is 0. The lowest BCUT2D eigenvalue weighted by atomic mass is 10.0. The third-order valence-electron chi connectivity index (χ3n) is 4.34. The van der Waals surface area contributed by atoms with Crippen molar-refractivity contribution in [3.05, 3.63) is 72.8 Å². The fraction of sp³-hybridized carbons (Fsp3) is 0.100. The summed E-state index contributed by atoms with van der Waals surface area (Å²) in [7, 11) is 2.10. The number of hydrogen-bond acceptors (Lipinski definition) is 3. The summed E-state index contributed by atoms with van der Waals surface area (Å²) in [5, 5.41) is 1.16. The van der Waals surface area contributed by atoms with Gasteiger partial charge in [-0.05, 0) is 36.8 Å². The molecule has 0 saturated heterocycles. The summed E-state index contributed by atoms with van der Waals surface area (Å²) in [4.78, 5) is 12.3. The third-order valence-corrected chi connectivity index (χ3v) is 4.34. The van der Waals surface area contributed by atoms with Crippen LogP contribution in [0, 0.1) is 6.92 Å². The largest absolute Gasteiger partial charge is 0.225 e. The molecule has 4 nitrogen and oxygen atoms in total. The van der Waals surface area contributed by atoms with Crippen LogP contribution < -0.4 is 4.57 Å². The first-order valence-corrected chi connectivity index (χ1v) is 7.85. The van der Waals surface area contributed by atoms with Crippen LogP contribution in [0.15, 0.2) is 67.3 Å². The molecular weight excluding hydrogens is 296 g/mol. The van der Waals surface area contributed by atoms with Crippen molar-refractivity contribution < 1.29 is 4.57 Å². The second-order valence-corrected chi connectivity index (χ2v) is 5.83. The number of pyridine rings is 1. The molecule has 0 atom stereocenters. The lowest BCUT2D eigenvalue weighted by Crippen LogP contribution is -2.32. The van der Waals surface area contributed by atoms with E-state index in [4.69, 9.17) is 0 Å². The Labute approximate surface area is 140 Å². The summed E-state index contributed by atoms with van der Waals surface area (Å²) in [6, 6.07) is 19.1. The smallest absolute Gasteiger partial charge is 0.213 e. The van der Waals surface area contributed by atoms with Crippen molar-refractivity contribution in [1.29, 1.82) is 0 Å². The van der Waals surface area contributed by atoms with Crippen LogP contribution in [0.4, 0.5) is 0 Å². The molecule has 0 saturated carbocycles. The monoisotopic (exact) mass is 313 g/mol. The van der Waals surface area contributed by atoms with E-state index in [-0.39, 0.29) is 0 Å². The van der Waals surface area contributed by atoms with Gasteiger partial charge in [-0.2, -0.15) is 4.57 Å². The van der Waals surface area contributed by atoms with E-state index < -0.39 is 0 Å². The molecule has 2 aromatic heterocycles. The molecule has 0 fully saturated rings. The zero-order valence-corrected chi connectivity index (χ0v) is 13.6. The van der Waals surface area contributed by atoms with Gasteiger partial charge in [0.05, 0.1) is 0 Å². The third kappa shape index (κ3) is 2.42. The second kappa shape index (κ2) is 5.81. The minimum Gasteiger partial charge on any atom is -0.225 e. The fourth-order valence-electron chi connectivity index (χ4n) is 3.06. The van der Waals surface area contributed by atoms with Crippen molar-refractivity contribution >= 4 is 10.9 Å². The van der Waals surface area contributed by atoms with Crippen molar-refractivity contribution in [1.82, 2.24) is 15.0 Å². The number of aromatic nitrogens is 4. The maximum absolute atomic E-state index is 4.23. The average molecular weight is 313 g/mol. The molecule has 2 heterocycles. The molecule has 2 aromatic carbocycles. The van der Waals surface area contributed by atoms with Gasteiger partial charge in [-0.1, -0.05) is 18.2 Å². The van der Waals surface area contributed by atoms with Crippen LogP contribution in [-0.2, 0) is 7.05 Å². The van der Waals surface area contributed by atoms with Gasteiger partial charge in [0.1, 0.15) is 19.7 Å². The zero-order valence-electron chi connectivity index (χ0n) is 13.6. The lowest BCUT2D eigenvalue weighted by Gasteiger charge is -2.07. The summed E-state index contributed by atoms with van der Waals surface area (Å²) in [5.74, 6) is 0.692. The molecule has 24 heavy (non-hydrogen) atoms. The molecule has 0 aliphatic heterocycles. The van der Waals surface area contributed by atoms with E-state index in [9.17, 15) is 0 Å². The molecule has 4 rings (SSSR count). The highest BCUT2D eigenvalue weighted by Crippen LogP contribution is 2.24. The molecular formula is C20H17N4+. The highest BCUT2D eigenvalue weighted by atomic mass is 15.0. The Kier molecular flexibility index (Phi) is 3.50. The minimum absolute atomic E-state index is 0.692. The quantitative estimate of drug-likeness (QED) is 0.532. The Bertz CT molecular complexity index is 1030. The van der Waals surface area contributed by atoms with Crippen molar-refractivity contribution in [2.24, 2.45) is 7.05 Å². The first kappa shape index (κ1) is 14.5. The highest BCUT2D eigenvalue weighted by molar-refractivity contribution is 5.82. The van der Waals surface area contributed by atoms with Gasteiger partial charge in [-0.15, -0.1) is 0 Å². The van der Waals surface area contributed by atoms with Gasteiger partial charge in [0.25, 0.3) is 0 Å². The predicted molar refractivity (Wildman–Crippen MR) is 94.1 cm³/mol. The Balaban J connectivity index is 1.88. The second-order valence-electron chi connectivity index (χ2n) is 5.83. The fourth-order valence-corrected chi connectivity index (χ4v) is 3.06. The van der Waals surface area contributed by atoms with Gasteiger partial charge in [-0.3, -0.25) is 0 Å². The Morgan fingerprint density at radius 2 is 1.67 bits per heavy atom. The summed E-state index contributed by atoms with van der Waals surface area (Å²) in [6.07, 6.45) is 3.04. The first-order valence-electron chi connectivity index (χ1n) is 7.85. The van der Waals surface area contributed by atoms with Gasteiger partial charge in [0, 0.05) is 28.6 Å². The Morgan fingerprint density at radius 3 is 2.46 bits per heavy atom. The topological polar surface area (TPSA) is 42.6 Å². The summed E-state index contributed by atoms with van der Waals surface area (Å²) >= 11 is 0. The van der Waals surface area contributed by atoms with Crippen LogP contribution in [0.2, 0.25) is 0 Å². The first-order chi connectivity index (χ1) is 11.7. The van der Waals surface area contributed by atoms with Crippen LogP contribution in [0.5, 0.6) is 0 Å². The SMILES string of the molecule is Cc1ccccc1-c1ccc2cc(-c3ncncn3)ccc2[n+]1C. The van der Waals surface area contributed by atoms with Gasteiger partial charge in [0.15, 0.2) is 5.82 Å². The Hall–Kier alpha value is -3.14. The molecule has 0 spiro atoms. The van der Waals surface area contributed by atoms with E-state index in [1.54, 1.807) is 0 Å². The molecule has 4 aromatic rings. The van der Waals surface area contributed by atoms with Crippen LogP contribution >= 0.6 is 0 Å². The number of nitrogens with zero attached hydrogens (tertiary/aromatic N) is 4. The number of benzene rings is 2. The Morgan fingerprint density at radius 1 is 0.875 bits per heavy atom. The van der Waals surface area contributed by atoms with Crippen molar-refractivity contribution in [2.45, 2.75) is 6.92 Å². The van der Waals surface area contributed by atoms with E-state index in [0.717, 1.165) is 10.9 Å². The van der Waals surface area contributed by atoms with E-state index in [1.807, 2.05) is 0 Å². The van der Waals surface area contributed by atoms with E-state index in [0.29, 0.717) is 5.82 Å². The maximum atomic E-state index is 4.23. The van der Waals surface area contributed by atoms with Gasteiger partial charge in [-0.25, -0.2) is 15.0 Å². The van der Waals surface area contributed by atoms with Gasteiger partial charge >= 0.3 is 0 Å². The van der Waals surface area contributed by atoms with Gasteiger partial charge in [0.2, 0.25) is 11.2 Å². The molecule has 0 N–H and O–H groups in total. The minimum atomic E-state index is 0.692. The van der Waals surface area contributed by atoms with Crippen molar-refractivity contribution in [3.63, 3.8) is 0 Å². The lowest BCUT2D eigenvalue weighted by molar-refractivity contribution is -0.633. The van der Waals surface area contributed by atoms with Crippen LogP contribution in [0.3, 0.4) is 0 Å². The highest BCUT2D eigenvalue weighted by Gasteiger charge is 2.16. The summed E-state index contributed by atoms with van der Waals surface area (Å²) in [5.41, 5.74) is 5.90. The van der Waals surface area contributed by atoms with Gasteiger partial charge < -0.3 is 0 Å². The molecule has 0 aliphatic carbocycles. The normalized spacial score (nSPS) is 10.9.